The van der Waals surface area contributed by atoms with Crippen LogP contribution in [0.5, 0.6) is 11.5 Å². The maximum Gasteiger partial charge on any atom is 0.282 e. The molecular formula is C30H22BrCl2N3O3. The molecule has 5 rings (SSSR count). The maximum absolute atomic E-state index is 13.5. The summed E-state index contributed by atoms with van der Waals surface area (Å²) >= 11 is 16.6. The zero-order chi connectivity index (χ0) is 27.4. The predicted molar refractivity (Wildman–Crippen MR) is 161 cm³/mol. The highest BCUT2D eigenvalue weighted by molar-refractivity contribution is 9.10. The lowest BCUT2D eigenvalue weighted by molar-refractivity contribution is 0.269. The van der Waals surface area contributed by atoms with Gasteiger partial charge in [-0.1, -0.05) is 83.9 Å². The Hall–Kier alpha value is -3.65. The second kappa shape index (κ2) is 12.0. The van der Waals surface area contributed by atoms with Gasteiger partial charge in [-0.2, -0.15) is 9.78 Å². The van der Waals surface area contributed by atoms with Crippen LogP contribution in [-0.2, 0) is 6.61 Å². The summed E-state index contributed by atoms with van der Waals surface area (Å²) in [4.78, 5) is 18.2. The van der Waals surface area contributed by atoms with Crippen LogP contribution in [0.25, 0.3) is 22.3 Å². The zero-order valence-electron chi connectivity index (χ0n) is 20.8. The number of benzene rings is 4. The van der Waals surface area contributed by atoms with Crippen LogP contribution in [0, 0.1) is 0 Å². The lowest BCUT2D eigenvalue weighted by Gasteiger charge is -2.16. The third kappa shape index (κ3) is 5.71. The van der Waals surface area contributed by atoms with Gasteiger partial charge in [-0.15, -0.1) is 0 Å². The summed E-state index contributed by atoms with van der Waals surface area (Å²) in [6, 6.07) is 25.8. The third-order valence-corrected chi connectivity index (χ3v) is 7.70. The van der Waals surface area contributed by atoms with E-state index >= 15 is 0 Å². The van der Waals surface area contributed by atoms with Gasteiger partial charge < -0.3 is 9.47 Å². The van der Waals surface area contributed by atoms with Gasteiger partial charge in [0, 0.05) is 26.2 Å². The van der Waals surface area contributed by atoms with Gasteiger partial charge in [0.15, 0.2) is 17.3 Å². The SMILES string of the molecule is CCOc1cc(C=Nn2c(-c3ccccc3)nc3ccccc3c2=O)c(Br)c(Cl)c1OCc1ccccc1Cl. The van der Waals surface area contributed by atoms with Gasteiger partial charge >= 0.3 is 0 Å². The Labute approximate surface area is 243 Å². The van der Waals surface area contributed by atoms with Crippen LogP contribution in [0.15, 0.2) is 99.3 Å². The molecule has 0 aliphatic heterocycles. The van der Waals surface area contributed by atoms with Crippen molar-refractivity contribution in [1.82, 2.24) is 9.66 Å². The van der Waals surface area contributed by atoms with Crippen LogP contribution in [0.4, 0.5) is 0 Å². The topological polar surface area (TPSA) is 65.7 Å². The summed E-state index contributed by atoms with van der Waals surface area (Å²) in [6.45, 7) is 2.47. The number of halogens is 3. The summed E-state index contributed by atoms with van der Waals surface area (Å²) in [5.74, 6) is 1.23. The minimum atomic E-state index is -0.289. The Morgan fingerprint density at radius 3 is 2.46 bits per heavy atom. The quantitative estimate of drug-likeness (QED) is 0.165. The molecule has 0 N–H and O–H groups in total. The first-order valence-corrected chi connectivity index (χ1v) is 13.7. The minimum absolute atomic E-state index is 0.206. The smallest absolute Gasteiger partial charge is 0.282 e. The molecule has 9 heteroatoms. The molecule has 39 heavy (non-hydrogen) atoms. The van der Waals surface area contributed by atoms with E-state index in [4.69, 9.17) is 37.7 Å². The highest BCUT2D eigenvalue weighted by Gasteiger charge is 2.19. The fourth-order valence-corrected chi connectivity index (χ4v) is 4.83. The van der Waals surface area contributed by atoms with Gasteiger partial charge in [0.05, 0.1) is 23.7 Å². The molecule has 0 saturated heterocycles. The average molecular weight is 623 g/mol. The van der Waals surface area contributed by atoms with E-state index in [1.165, 1.54) is 4.68 Å². The van der Waals surface area contributed by atoms with Crippen molar-refractivity contribution in [2.45, 2.75) is 13.5 Å². The molecule has 6 nitrogen and oxygen atoms in total. The van der Waals surface area contributed by atoms with Crippen molar-refractivity contribution in [2.75, 3.05) is 6.61 Å². The Morgan fingerprint density at radius 2 is 1.69 bits per heavy atom. The molecular weight excluding hydrogens is 601 g/mol. The fraction of sp³-hybridized carbons (Fsp3) is 0.100. The van der Waals surface area contributed by atoms with Gasteiger partial charge in [0.25, 0.3) is 5.56 Å². The second-order valence-electron chi connectivity index (χ2n) is 8.41. The van der Waals surface area contributed by atoms with Gasteiger partial charge in [-0.3, -0.25) is 4.79 Å². The highest BCUT2D eigenvalue weighted by Crippen LogP contribution is 2.43. The van der Waals surface area contributed by atoms with Crippen LogP contribution < -0.4 is 15.0 Å². The van der Waals surface area contributed by atoms with E-state index in [-0.39, 0.29) is 12.2 Å². The average Bonchev–Trinajstić information content (AvgIpc) is 2.96. The van der Waals surface area contributed by atoms with E-state index in [2.05, 4.69) is 21.0 Å². The molecule has 5 aromatic rings. The molecule has 4 aromatic carbocycles. The Morgan fingerprint density at radius 1 is 0.974 bits per heavy atom. The normalized spacial score (nSPS) is 11.3. The van der Waals surface area contributed by atoms with Crippen LogP contribution in [0.2, 0.25) is 10.0 Å². The first-order valence-electron chi connectivity index (χ1n) is 12.1. The minimum Gasteiger partial charge on any atom is -0.490 e. The number of hydrogen-bond donors (Lipinski definition) is 0. The van der Waals surface area contributed by atoms with Crippen molar-refractivity contribution in [1.29, 1.82) is 0 Å². The van der Waals surface area contributed by atoms with Gasteiger partial charge in [-0.05, 0) is 47.1 Å². The Bertz CT molecular complexity index is 1740. The second-order valence-corrected chi connectivity index (χ2v) is 9.99. The van der Waals surface area contributed by atoms with Crippen LogP contribution in [0.1, 0.15) is 18.1 Å². The Balaban J connectivity index is 1.58. The van der Waals surface area contributed by atoms with Crippen molar-refractivity contribution in [2.24, 2.45) is 5.10 Å². The van der Waals surface area contributed by atoms with E-state index < -0.39 is 0 Å². The molecule has 0 saturated carbocycles. The van der Waals surface area contributed by atoms with Crippen molar-refractivity contribution in [3.8, 4) is 22.9 Å². The lowest BCUT2D eigenvalue weighted by Crippen LogP contribution is -2.20. The largest absolute Gasteiger partial charge is 0.490 e. The molecule has 1 aromatic heterocycles. The van der Waals surface area contributed by atoms with Crippen molar-refractivity contribution in [3.05, 3.63) is 121 Å². The van der Waals surface area contributed by atoms with Crippen molar-refractivity contribution >= 4 is 56.2 Å². The lowest BCUT2D eigenvalue weighted by atomic mass is 10.2. The number of rotatable bonds is 8. The summed E-state index contributed by atoms with van der Waals surface area (Å²) in [6.07, 6.45) is 1.54. The maximum atomic E-state index is 13.5. The fourth-order valence-electron chi connectivity index (χ4n) is 3.99. The molecule has 0 aliphatic carbocycles. The molecule has 0 unspecified atom stereocenters. The number of ether oxygens (including phenoxy) is 2. The van der Waals surface area contributed by atoms with Crippen molar-refractivity contribution in [3.63, 3.8) is 0 Å². The number of hydrogen-bond acceptors (Lipinski definition) is 5. The number of fused-ring (bicyclic) bond motifs is 1. The van der Waals surface area contributed by atoms with Crippen LogP contribution in [-0.4, -0.2) is 22.5 Å². The van der Waals surface area contributed by atoms with E-state index in [1.807, 2.05) is 67.6 Å². The molecule has 0 amide bonds. The summed E-state index contributed by atoms with van der Waals surface area (Å²) < 4.78 is 13.7. The highest BCUT2D eigenvalue weighted by atomic mass is 79.9. The molecule has 0 fully saturated rings. The summed E-state index contributed by atoms with van der Waals surface area (Å²) in [5, 5.41) is 5.92. The molecule has 0 bridgehead atoms. The number of aromatic nitrogens is 2. The van der Waals surface area contributed by atoms with Crippen molar-refractivity contribution < 1.29 is 9.47 Å². The molecule has 0 aliphatic rings. The summed E-state index contributed by atoms with van der Waals surface area (Å²) in [5.41, 5.74) is 2.47. The van der Waals surface area contributed by atoms with E-state index in [1.54, 1.807) is 30.5 Å². The summed E-state index contributed by atoms with van der Waals surface area (Å²) in [7, 11) is 0. The number of para-hydroxylation sites is 1. The molecule has 0 spiro atoms. The predicted octanol–water partition coefficient (Wildman–Crippen LogP) is 7.99. The van der Waals surface area contributed by atoms with Gasteiger partial charge in [-0.25, -0.2) is 4.98 Å². The van der Waals surface area contributed by atoms with Gasteiger partial charge in [0.2, 0.25) is 0 Å². The molecule has 196 valence electrons. The van der Waals surface area contributed by atoms with Crippen LogP contribution in [0.3, 0.4) is 0 Å². The number of nitrogens with zero attached hydrogens (tertiary/aromatic N) is 3. The van der Waals surface area contributed by atoms with E-state index in [0.29, 0.717) is 54.9 Å². The third-order valence-electron chi connectivity index (χ3n) is 5.88. The van der Waals surface area contributed by atoms with Gasteiger partial charge in [0.1, 0.15) is 11.6 Å². The Kier molecular flexibility index (Phi) is 8.31. The molecule has 0 atom stereocenters. The first kappa shape index (κ1) is 26.9. The first-order chi connectivity index (χ1) is 19.0. The standard InChI is InChI=1S/C30H22BrCl2N3O3/c1-2-38-25-16-21(26(31)27(33)28(25)39-18-20-12-6-8-14-23(20)32)17-34-36-29(19-10-4-3-5-11-19)35-24-15-9-7-13-22(24)30(36)37/h3-17H,2,18H2,1H3. The zero-order valence-corrected chi connectivity index (χ0v) is 23.9. The molecule has 1 heterocycles. The van der Waals surface area contributed by atoms with Crippen LogP contribution >= 0.6 is 39.1 Å². The van der Waals surface area contributed by atoms with E-state index in [9.17, 15) is 4.79 Å². The van der Waals surface area contributed by atoms with E-state index in [0.717, 1.165) is 11.1 Å². The molecule has 0 radical (unpaired) electrons. The monoisotopic (exact) mass is 621 g/mol.